The van der Waals surface area contributed by atoms with Crippen LogP contribution >= 0.6 is 11.6 Å². The van der Waals surface area contributed by atoms with E-state index in [1.807, 2.05) is 19.1 Å². The third-order valence-electron chi connectivity index (χ3n) is 2.39. The van der Waals surface area contributed by atoms with Crippen LogP contribution in [0.2, 0.25) is 5.02 Å². The molecule has 1 N–H and O–H groups in total. The smallest absolute Gasteiger partial charge is 0.252 e. The zero-order chi connectivity index (χ0) is 12.3. The quantitative estimate of drug-likeness (QED) is 0.842. The van der Waals surface area contributed by atoms with Crippen molar-refractivity contribution in [1.29, 1.82) is 0 Å². The second-order valence-electron chi connectivity index (χ2n) is 4.78. The minimum Gasteiger partial charge on any atom is -0.352 e. The highest BCUT2D eigenvalue weighted by Crippen LogP contribution is 2.31. The zero-order valence-corrected chi connectivity index (χ0v) is 11.0. The lowest BCUT2D eigenvalue weighted by Gasteiger charge is -2.21. The fourth-order valence-corrected chi connectivity index (χ4v) is 2.04. The molecule has 0 bridgehead atoms. The Balaban J connectivity index is 3.19. The number of hydrogen-bond donors (Lipinski definition) is 1. The molecule has 88 valence electrons. The van der Waals surface area contributed by atoms with Gasteiger partial charge in [0.1, 0.15) is 0 Å². The summed E-state index contributed by atoms with van der Waals surface area (Å²) in [4.78, 5) is 11.7. The Morgan fingerprint density at radius 3 is 2.50 bits per heavy atom. The normalized spacial score (nSPS) is 11.3. The van der Waals surface area contributed by atoms with E-state index in [1.54, 1.807) is 6.07 Å². The molecule has 0 saturated heterocycles. The van der Waals surface area contributed by atoms with E-state index >= 15 is 0 Å². The molecule has 0 aliphatic rings. The van der Waals surface area contributed by atoms with Crippen molar-refractivity contribution >= 4 is 17.5 Å². The summed E-state index contributed by atoms with van der Waals surface area (Å²) in [5.41, 5.74) is 1.49. The van der Waals surface area contributed by atoms with Crippen LogP contribution in [0.25, 0.3) is 0 Å². The molecular weight excluding hydrogens is 222 g/mol. The molecule has 0 unspecified atom stereocenters. The van der Waals surface area contributed by atoms with Gasteiger partial charge in [-0.25, -0.2) is 0 Å². The molecule has 0 spiro atoms. The third-order valence-corrected chi connectivity index (χ3v) is 2.80. The first-order chi connectivity index (χ1) is 7.38. The molecule has 16 heavy (non-hydrogen) atoms. The number of carbonyl (C=O) groups excluding carboxylic acids is 1. The van der Waals surface area contributed by atoms with E-state index in [1.165, 1.54) is 0 Å². The average Bonchev–Trinajstić information content (AvgIpc) is 2.16. The first kappa shape index (κ1) is 13.0. The fourth-order valence-electron chi connectivity index (χ4n) is 1.54. The lowest BCUT2D eigenvalue weighted by atomic mass is 9.86. The predicted octanol–water partition coefficient (Wildman–Crippen LogP) is 3.39. The molecule has 0 aliphatic heterocycles. The summed E-state index contributed by atoms with van der Waals surface area (Å²) >= 11 is 6.26. The lowest BCUT2D eigenvalue weighted by Crippen LogP contribution is -2.24. The minimum atomic E-state index is -0.112. The van der Waals surface area contributed by atoms with Gasteiger partial charge in [0, 0.05) is 6.54 Å². The number of carbonyl (C=O) groups is 1. The average molecular weight is 240 g/mol. The largest absolute Gasteiger partial charge is 0.352 e. The third kappa shape index (κ3) is 2.76. The number of rotatable bonds is 2. The summed E-state index contributed by atoms with van der Waals surface area (Å²) in [6.45, 7) is 8.73. The van der Waals surface area contributed by atoms with Crippen molar-refractivity contribution in [3.05, 3.63) is 34.3 Å². The number of hydrogen-bond acceptors (Lipinski definition) is 1. The van der Waals surface area contributed by atoms with Crippen molar-refractivity contribution < 1.29 is 4.79 Å². The molecule has 0 aliphatic carbocycles. The van der Waals surface area contributed by atoms with Gasteiger partial charge >= 0.3 is 0 Å². The van der Waals surface area contributed by atoms with Crippen LogP contribution < -0.4 is 5.32 Å². The number of halogens is 1. The molecule has 1 amide bonds. The van der Waals surface area contributed by atoms with Crippen molar-refractivity contribution in [3.8, 4) is 0 Å². The van der Waals surface area contributed by atoms with Gasteiger partial charge in [-0.05, 0) is 24.0 Å². The van der Waals surface area contributed by atoms with Crippen LogP contribution in [0, 0.1) is 0 Å². The van der Waals surface area contributed by atoms with Crippen LogP contribution in [0.15, 0.2) is 18.2 Å². The van der Waals surface area contributed by atoms with Gasteiger partial charge in [-0.2, -0.15) is 0 Å². The molecule has 1 rings (SSSR count). The first-order valence-corrected chi connectivity index (χ1v) is 5.83. The van der Waals surface area contributed by atoms with E-state index in [-0.39, 0.29) is 11.3 Å². The van der Waals surface area contributed by atoms with Crippen LogP contribution in [0.3, 0.4) is 0 Å². The van der Waals surface area contributed by atoms with Crippen molar-refractivity contribution in [2.75, 3.05) is 6.54 Å². The van der Waals surface area contributed by atoms with Crippen molar-refractivity contribution in [1.82, 2.24) is 5.32 Å². The summed E-state index contributed by atoms with van der Waals surface area (Å²) in [6, 6.07) is 5.59. The maximum Gasteiger partial charge on any atom is 0.252 e. The molecule has 0 atom stereocenters. The maximum absolute atomic E-state index is 11.7. The SMILES string of the molecule is CCNC(=O)c1cccc(C(C)(C)C)c1Cl. The van der Waals surface area contributed by atoms with E-state index in [2.05, 4.69) is 26.1 Å². The predicted molar refractivity (Wildman–Crippen MR) is 68.2 cm³/mol. The summed E-state index contributed by atoms with van der Waals surface area (Å²) in [5.74, 6) is -0.112. The van der Waals surface area contributed by atoms with Gasteiger partial charge in [0.2, 0.25) is 0 Å². The fraction of sp³-hybridized carbons (Fsp3) is 0.462. The molecular formula is C13H18ClNO. The van der Waals surface area contributed by atoms with Crippen molar-refractivity contribution in [3.63, 3.8) is 0 Å². The Morgan fingerprint density at radius 1 is 1.38 bits per heavy atom. The first-order valence-electron chi connectivity index (χ1n) is 5.45. The summed E-state index contributed by atoms with van der Waals surface area (Å²) in [7, 11) is 0. The second-order valence-corrected chi connectivity index (χ2v) is 5.15. The van der Waals surface area contributed by atoms with Gasteiger partial charge in [-0.15, -0.1) is 0 Å². The van der Waals surface area contributed by atoms with Gasteiger partial charge in [0.15, 0.2) is 0 Å². The molecule has 1 aromatic carbocycles. The number of benzene rings is 1. The Hall–Kier alpha value is -1.02. The Bertz CT molecular complexity index is 393. The van der Waals surface area contributed by atoms with Crippen LogP contribution in [-0.2, 0) is 5.41 Å². The highest BCUT2D eigenvalue weighted by atomic mass is 35.5. The summed E-state index contributed by atoms with van der Waals surface area (Å²) in [5, 5.41) is 3.31. The van der Waals surface area contributed by atoms with E-state index in [0.29, 0.717) is 17.1 Å². The Labute approximate surface area is 102 Å². The number of amides is 1. The molecule has 0 aromatic heterocycles. The van der Waals surface area contributed by atoms with E-state index in [0.717, 1.165) is 5.56 Å². The van der Waals surface area contributed by atoms with E-state index in [4.69, 9.17) is 11.6 Å². The highest BCUT2D eigenvalue weighted by molar-refractivity contribution is 6.34. The monoisotopic (exact) mass is 239 g/mol. The lowest BCUT2D eigenvalue weighted by molar-refractivity contribution is 0.0956. The topological polar surface area (TPSA) is 29.1 Å². The minimum absolute atomic E-state index is 0.0560. The van der Waals surface area contributed by atoms with Gasteiger partial charge in [0.25, 0.3) is 5.91 Å². The number of nitrogens with one attached hydrogen (secondary N) is 1. The molecule has 3 heteroatoms. The van der Waals surface area contributed by atoms with Gasteiger partial charge in [0.05, 0.1) is 10.6 Å². The summed E-state index contributed by atoms with van der Waals surface area (Å²) in [6.07, 6.45) is 0. The van der Waals surface area contributed by atoms with E-state index < -0.39 is 0 Å². The van der Waals surface area contributed by atoms with Gasteiger partial charge in [-0.1, -0.05) is 44.5 Å². The van der Waals surface area contributed by atoms with Crippen LogP contribution in [0.4, 0.5) is 0 Å². The van der Waals surface area contributed by atoms with Crippen molar-refractivity contribution in [2.24, 2.45) is 0 Å². The Morgan fingerprint density at radius 2 is 2.00 bits per heavy atom. The van der Waals surface area contributed by atoms with Crippen LogP contribution in [0.1, 0.15) is 43.6 Å². The van der Waals surface area contributed by atoms with Crippen LogP contribution in [0.5, 0.6) is 0 Å². The molecule has 0 fully saturated rings. The second kappa shape index (κ2) is 4.88. The Kier molecular flexibility index (Phi) is 3.98. The maximum atomic E-state index is 11.7. The van der Waals surface area contributed by atoms with Crippen LogP contribution in [-0.4, -0.2) is 12.5 Å². The molecule has 2 nitrogen and oxygen atoms in total. The highest BCUT2D eigenvalue weighted by Gasteiger charge is 2.21. The van der Waals surface area contributed by atoms with Crippen molar-refractivity contribution in [2.45, 2.75) is 33.1 Å². The van der Waals surface area contributed by atoms with Gasteiger partial charge < -0.3 is 5.32 Å². The molecule has 0 radical (unpaired) electrons. The standard InChI is InChI=1S/C13H18ClNO/c1-5-15-12(16)9-7-6-8-10(11(9)14)13(2,3)4/h6-8H,5H2,1-4H3,(H,15,16). The molecule has 0 heterocycles. The van der Waals surface area contributed by atoms with E-state index in [9.17, 15) is 4.79 Å². The summed E-state index contributed by atoms with van der Waals surface area (Å²) < 4.78 is 0. The van der Waals surface area contributed by atoms with Gasteiger partial charge in [-0.3, -0.25) is 4.79 Å². The zero-order valence-electron chi connectivity index (χ0n) is 10.2. The molecule has 0 saturated carbocycles. The molecule has 1 aromatic rings.